The number of hydrogen-bond acceptors (Lipinski definition) is 7. The summed E-state index contributed by atoms with van der Waals surface area (Å²) in [5, 5.41) is 16.7. The van der Waals surface area contributed by atoms with Crippen LogP contribution in [0, 0.1) is 5.92 Å². The third-order valence-corrected chi connectivity index (χ3v) is 5.13. The number of fused-ring (bicyclic) bond motifs is 2. The summed E-state index contributed by atoms with van der Waals surface area (Å²) in [6.45, 7) is 4.30. The summed E-state index contributed by atoms with van der Waals surface area (Å²) in [5.74, 6) is 2.32. The highest BCUT2D eigenvalue weighted by atomic mass is 32.2. The van der Waals surface area contributed by atoms with Gasteiger partial charge in [0.05, 0.1) is 17.4 Å². The van der Waals surface area contributed by atoms with E-state index in [-0.39, 0.29) is 18.6 Å². The molecule has 1 amide bonds. The summed E-state index contributed by atoms with van der Waals surface area (Å²) < 4.78 is 7.15. The quantitative estimate of drug-likeness (QED) is 0.850. The largest absolute Gasteiger partial charge is 0.482 e. The van der Waals surface area contributed by atoms with Gasteiger partial charge < -0.3 is 15.8 Å². The molecule has 0 bridgehead atoms. The van der Waals surface area contributed by atoms with Gasteiger partial charge in [-0.25, -0.2) is 0 Å². The number of thioether (sulfide) groups is 1. The fourth-order valence-corrected chi connectivity index (χ4v) is 3.84. The SMILES string of the molecule is CC(C)CC(N)c1nnc2n1N=C(c1ccc3c(c1)NC(=O)CO3)CS2. The highest BCUT2D eigenvalue weighted by Crippen LogP contribution is 2.31. The van der Waals surface area contributed by atoms with Gasteiger partial charge in [-0.3, -0.25) is 4.79 Å². The van der Waals surface area contributed by atoms with Gasteiger partial charge in [0.25, 0.3) is 5.91 Å². The molecule has 0 saturated heterocycles. The van der Waals surface area contributed by atoms with E-state index in [4.69, 9.17) is 15.6 Å². The zero-order chi connectivity index (χ0) is 18.3. The minimum Gasteiger partial charge on any atom is -0.482 e. The average molecular weight is 372 g/mol. The predicted molar refractivity (Wildman–Crippen MR) is 99.6 cm³/mol. The lowest BCUT2D eigenvalue weighted by Crippen LogP contribution is -2.26. The summed E-state index contributed by atoms with van der Waals surface area (Å²) in [7, 11) is 0. The molecule has 9 heteroatoms. The van der Waals surface area contributed by atoms with Gasteiger partial charge in [0.15, 0.2) is 12.4 Å². The van der Waals surface area contributed by atoms with Crippen LogP contribution in [-0.4, -0.2) is 38.9 Å². The van der Waals surface area contributed by atoms with E-state index in [0.717, 1.165) is 22.9 Å². The summed E-state index contributed by atoms with van der Waals surface area (Å²) in [6, 6.07) is 5.47. The molecule has 1 aromatic heterocycles. The van der Waals surface area contributed by atoms with Crippen LogP contribution in [0.3, 0.4) is 0 Å². The second-order valence-electron chi connectivity index (χ2n) is 6.77. The van der Waals surface area contributed by atoms with Gasteiger partial charge in [0.1, 0.15) is 5.75 Å². The molecule has 136 valence electrons. The maximum atomic E-state index is 11.5. The van der Waals surface area contributed by atoms with Gasteiger partial charge in [0.2, 0.25) is 5.16 Å². The van der Waals surface area contributed by atoms with Gasteiger partial charge in [-0.05, 0) is 30.5 Å². The number of benzene rings is 1. The maximum Gasteiger partial charge on any atom is 0.262 e. The summed E-state index contributed by atoms with van der Waals surface area (Å²) in [5.41, 5.74) is 8.75. The number of ether oxygens (including phenoxy) is 1. The van der Waals surface area contributed by atoms with Crippen LogP contribution < -0.4 is 15.8 Å². The average Bonchev–Trinajstić information content (AvgIpc) is 3.03. The zero-order valence-corrected chi connectivity index (χ0v) is 15.4. The molecule has 0 radical (unpaired) electrons. The van der Waals surface area contributed by atoms with E-state index < -0.39 is 0 Å². The number of anilines is 1. The van der Waals surface area contributed by atoms with Crippen molar-refractivity contribution in [1.29, 1.82) is 0 Å². The monoisotopic (exact) mass is 372 g/mol. The Balaban J connectivity index is 1.67. The van der Waals surface area contributed by atoms with E-state index in [1.54, 1.807) is 16.4 Å². The summed E-state index contributed by atoms with van der Waals surface area (Å²) in [4.78, 5) is 11.5. The first-order valence-electron chi connectivity index (χ1n) is 8.50. The van der Waals surface area contributed by atoms with E-state index in [2.05, 4.69) is 29.4 Å². The number of hydrogen-bond donors (Lipinski definition) is 2. The molecule has 0 spiro atoms. The highest BCUT2D eigenvalue weighted by Gasteiger charge is 2.24. The lowest BCUT2D eigenvalue weighted by atomic mass is 10.0. The third-order valence-electron chi connectivity index (χ3n) is 4.20. The second kappa shape index (κ2) is 6.73. The Kier molecular flexibility index (Phi) is 4.41. The van der Waals surface area contributed by atoms with Crippen molar-refractivity contribution >= 4 is 29.1 Å². The number of nitrogens with zero attached hydrogens (tertiary/aromatic N) is 4. The zero-order valence-electron chi connectivity index (χ0n) is 14.6. The summed E-state index contributed by atoms with van der Waals surface area (Å²) in [6.07, 6.45) is 0.815. The van der Waals surface area contributed by atoms with Crippen molar-refractivity contribution < 1.29 is 9.53 Å². The number of aromatic nitrogens is 3. The molecule has 1 atom stereocenters. The Morgan fingerprint density at radius 2 is 2.23 bits per heavy atom. The molecule has 0 saturated carbocycles. The number of rotatable bonds is 4. The Hall–Kier alpha value is -2.39. The Morgan fingerprint density at radius 3 is 3.04 bits per heavy atom. The summed E-state index contributed by atoms with van der Waals surface area (Å²) >= 11 is 1.57. The topological polar surface area (TPSA) is 107 Å². The minimum atomic E-state index is -0.212. The van der Waals surface area contributed by atoms with Crippen molar-refractivity contribution in [3.63, 3.8) is 0 Å². The smallest absolute Gasteiger partial charge is 0.262 e. The van der Waals surface area contributed by atoms with Crippen LogP contribution in [0.2, 0.25) is 0 Å². The molecule has 1 aromatic carbocycles. The molecule has 2 aromatic rings. The fraction of sp³-hybridized carbons (Fsp3) is 0.412. The van der Waals surface area contributed by atoms with Gasteiger partial charge in [-0.1, -0.05) is 25.6 Å². The number of carbonyl (C=O) groups excluding carboxylic acids is 1. The molecule has 4 rings (SSSR count). The normalized spacial score (nSPS) is 17.1. The number of carbonyl (C=O) groups is 1. The van der Waals surface area contributed by atoms with Crippen LogP contribution in [0.15, 0.2) is 28.5 Å². The van der Waals surface area contributed by atoms with Crippen LogP contribution in [0.25, 0.3) is 0 Å². The van der Waals surface area contributed by atoms with Crippen LogP contribution >= 0.6 is 11.8 Å². The number of amides is 1. The van der Waals surface area contributed by atoms with Crippen molar-refractivity contribution in [3.8, 4) is 5.75 Å². The van der Waals surface area contributed by atoms with Crippen molar-refractivity contribution in [2.24, 2.45) is 16.8 Å². The standard InChI is InChI=1S/C17H20N6O2S/c1-9(2)5-11(18)16-20-21-17-23(16)22-13(8-26-17)10-3-4-14-12(6-10)19-15(24)7-25-14/h3-4,6,9,11H,5,7-8,18H2,1-2H3,(H,19,24). The molecule has 2 aliphatic rings. The molecular weight excluding hydrogens is 352 g/mol. The predicted octanol–water partition coefficient (Wildman–Crippen LogP) is 2.01. The van der Waals surface area contributed by atoms with E-state index in [0.29, 0.717) is 28.9 Å². The van der Waals surface area contributed by atoms with Gasteiger partial charge >= 0.3 is 0 Å². The van der Waals surface area contributed by atoms with Crippen LogP contribution in [-0.2, 0) is 4.79 Å². The van der Waals surface area contributed by atoms with Crippen molar-refractivity contribution in [2.75, 3.05) is 17.7 Å². The lowest BCUT2D eigenvalue weighted by molar-refractivity contribution is -0.118. The number of nitrogens with two attached hydrogens (primary N) is 1. The molecule has 1 unspecified atom stereocenters. The van der Waals surface area contributed by atoms with Crippen LogP contribution in [0.5, 0.6) is 5.75 Å². The van der Waals surface area contributed by atoms with E-state index in [1.807, 2.05) is 18.2 Å². The Bertz CT molecular complexity index is 891. The van der Waals surface area contributed by atoms with Gasteiger partial charge in [0, 0.05) is 11.3 Å². The van der Waals surface area contributed by atoms with Gasteiger partial charge in [-0.2, -0.15) is 9.78 Å². The maximum absolute atomic E-state index is 11.5. The van der Waals surface area contributed by atoms with Crippen molar-refractivity contribution in [1.82, 2.24) is 14.9 Å². The molecule has 8 nitrogen and oxygen atoms in total. The molecule has 3 N–H and O–H groups in total. The fourth-order valence-electron chi connectivity index (χ4n) is 2.99. The van der Waals surface area contributed by atoms with E-state index >= 15 is 0 Å². The Morgan fingerprint density at radius 1 is 1.38 bits per heavy atom. The molecule has 0 fully saturated rings. The molecule has 26 heavy (non-hydrogen) atoms. The van der Waals surface area contributed by atoms with E-state index in [9.17, 15) is 4.79 Å². The first-order chi connectivity index (χ1) is 12.5. The van der Waals surface area contributed by atoms with Crippen LogP contribution in [0.4, 0.5) is 5.69 Å². The van der Waals surface area contributed by atoms with Gasteiger partial charge in [-0.15, -0.1) is 10.2 Å². The second-order valence-corrected chi connectivity index (χ2v) is 7.71. The third kappa shape index (κ3) is 3.19. The highest BCUT2D eigenvalue weighted by molar-refractivity contribution is 7.99. The van der Waals surface area contributed by atoms with E-state index in [1.165, 1.54) is 0 Å². The molecule has 2 aliphatic heterocycles. The lowest BCUT2D eigenvalue weighted by Gasteiger charge is -2.20. The minimum absolute atomic E-state index is 0.0459. The molecule has 3 heterocycles. The van der Waals surface area contributed by atoms with Crippen molar-refractivity contribution in [3.05, 3.63) is 29.6 Å². The molecule has 0 aliphatic carbocycles. The molecular formula is C17H20N6O2S. The number of nitrogens with one attached hydrogen (secondary N) is 1. The van der Waals surface area contributed by atoms with Crippen LogP contribution in [0.1, 0.15) is 37.7 Å². The first kappa shape index (κ1) is 17.0. The van der Waals surface area contributed by atoms with Crippen molar-refractivity contribution in [2.45, 2.75) is 31.5 Å². The first-order valence-corrected chi connectivity index (χ1v) is 9.48. The Labute approximate surface area is 155 Å².